The van der Waals surface area contributed by atoms with Crippen molar-refractivity contribution in [3.8, 4) is 11.5 Å². The van der Waals surface area contributed by atoms with Crippen LogP contribution in [0.2, 0.25) is 0 Å². The number of phenolic OH excluding ortho intramolecular Hbond substituents is 2. The van der Waals surface area contributed by atoms with Crippen LogP contribution in [0.3, 0.4) is 0 Å². The zero-order chi connectivity index (χ0) is 14.1. The molecule has 0 spiro atoms. The minimum Gasteiger partial charge on any atom is -0.508 e. The largest absolute Gasteiger partial charge is 0.508 e. The smallest absolute Gasteiger partial charge is 0.134 e. The normalized spacial score (nSPS) is 11.9. The molecule has 0 atom stereocenters. The number of hydrogen-bond donors (Lipinski definition) is 2. The summed E-state index contributed by atoms with van der Waals surface area (Å²) in [5, 5.41) is 20.2. The van der Waals surface area contributed by atoms with Gasteiger partial charge in [0.15, 0.2) is 0 Å². The molecular weight excluding hydrogens is 252 g/mol. The second kappa shape index (κ2) is 4.78. The highest BCUT2D eigenvalue weighted by Gasteiger charge is 2.06. The standard InChI is InChI=1S/C17H14O3/c1-11(15-7-6-13(18)10-16(15)19)8-14-9-12-4-2-3-5-17(12)20-14/h2-10,18-19H,1H3. The highest BCUT2D eigenvalue weighted by Crippen LogP contribution is 2.30. The number of furan rings is 1. The SMILES string of the molecule is CC(=Cc1cc2ccccc2o1)c1ccc(O)cc1O. The molecule has 0 aliphatic carbocycles. The third-order valence-corrected chi connectivity index (χ3v) is 3.21. The zero-order valence-corrected chi connectivity index (χ0v) is 11.0. The summed E-state index contributed by atoms with van der Waals surface area (Å²) in [4.78, 5) is 0. The third-order valence-electron chi connectivity index (χ3n) is 3.21. The molecule has 1 heterocycles. The first-order valence-electron chi connectivity index (χ1n) is 6.33. The topological polar surface area (TPSA) is 53.6 Å². The van der Waals surface area contributed by atoms with Crippen LogP contribution in [0.1, 0.15) is 18.2 Å². The molecule has 0 fully saturated rings. The average molecular weight is 266 g/mol. The van der Waals surface area contributed by atoms with Gasteiger partial charge in [-0.2, -0.15) is 0 Å². The fourth-order valence-corrected chi connectivity index (χ4v) is 2.22. The molecular formula is C17H14O3. The second-order valence-corrected chi connectivity index (χ2v) is 4.72. The Labute approximate surface area is 116 Å². The summed E-state index contributed by atoms with van der Waals surface area (Å²) in [6.07, 6.45) is 1.87. The van der Waals surface area contributed by atoms with Gasteiger partial charge >= 0.3 is 0 Å². The molecule has 2 aromatic carbocycles. The molecule has 100 valence electrons. The minimum atomic E-state index is 0.0442. The first-order chi connectivity index (χ1) is 9.63. The van der Waals surface area contributed by atoms with Crippen LogP contribution in [-0.2, 0) is 0 Å². The quantitative estimate of drug-likeness (QED) is 0.722. The highest BCUT2D eigenvalue weighted by atomic mass is 16.3. The van der Waals surface area contributed by atoms with Crippen molar-refractivity contribution in [2.45, 2.75) is 6.92 Å². The van der Waals surface area contributed by atoms with Crippen molar-refractivity contribution in [1.82, 2.24) is 0 Å². The summed E-state index contributed by atoms with van der Waals surface area (Å²) in [7, 11) is 0. The van der Waals surface area contributed by atoms with Gasteiger partial charge in [0, 0.05) is 17.0 Å². The van der Waals surface area contributed by atoms with E-state index in [2.05, 4.69) is 0 Å². The van der Waals surface area contributed by atoms with Gasteiger partial charge in [0.05, 0.1) is 0 Å². The van der Waals surface area contributed by atoms with E-state index >= 15 is 0 Å². The third kappa shape index (κ3) is 2.26. The molecule has 3 rings (SSSR count). The van der Waals surface area contributed by atoms with E-state index in [4.69, 9.17) is 4.42 Å². The Hall–Kier alpha value is -2.68. The summed E-state index contributed by atoms with van der Waals surface area (Å²) in [5.74, 6) is 0.828. The van der Waals surface area contributed by atoms with E-state index in [1.54, 1.807) is 12.1 Å². The van der Waals surface area contributed by atoms with Crippen molar-refractivity contribution in [2.75, 3.05) is 0 Å². The van der Waals surface area contributed by atoms with Gasteiger partial charge < -0.3 is 14.6 Å². The van der Waals surface area contributed by atoms with Crippen LogP contribution in [-0.4, -0.2) is 10.2 Å². The average Bonchev–Trinajstić information content (AvgIpc) is 2.80. The van der Waals surface area contributed by atoms with Crippen LogP contribution in [0.25, 0.3) is 22.6 Å². The molecule has 1 aromatic heterocycles. The van der Waals surface area contributed by atoms with Gasteiger partial charge in [-0.3, -0.25) is 0 Å². The Bertz CT molecular complexity index is 764. The minimum absolute atomic E-state index is 0.0442. The first-order valence-corrected chi connectivity index (χ1v) is 6.33. The van der Waals surface area contributed by atoms with Gasteiger partial charge in [-0.15, -0.1) is 0 Å². The van der Waals surface area contributed by atoms with Crippen LogP contribution in [0.4, 0.5) is 0 Å². The van der Waals surface area contributed by atoms with E-state index in [1.807, 2.05) is 43.3 Å². The van der Waals surface area contributed by atoms with E-state index in [1.165, 1.54) is 6.07 Å². The molecule has 0 radical (unpaired) electrons. The summed E-state index contributed by atoms with van der Waals surface area (Å²) in [5.41, 5.74) is 2.37. The molecule has 3 nitrogen and oxygen atoms in total. The molecule has 0 aliphatic rings. The Morgan fingerprint density at radius 3 is 2.60 bits per heavy atom. The Kier molecular flexibility index (Phi) is 2.95. The number of allylic oxidation sites excluding steroid dienone is 1. The number of hydrogen-bond acceptors (Lipinski definition) is 3. The van der Waals surface area contributed by atoms with E-state index in [0.717, 1.165) is 22.3 Å². The van der Waals surface area contributed by atoms with Crippen LogP contribution in [0, 0.1) is 0 Å². The molecule has 0 saturated carbocycles. The second-order valence-electron chi connectivity index (χ2n) is 4.72. The van der Waals surface area contributed by atoms with E-state index in [9.17, 15) is 10.2 Å². The molecule has 3 aromatic rings. The van der Waals surface area contributed by atoms with Gasteiger partial charge in [-0.25, -0.2) is 0 Å². The molecule has 0 bridgehead atoms. The maximum absolute atomic E-state index is 9.85. The fraction of sp³-hybridized carbons (Fsp3) is 0.0588. The van der Waals surface area contributed by atoms with Gasteiger partial charge in [0.2, 0.25) is 0 Å². The molecule has 2 N–H and O–H groups in total. The Balaban J connectivity index is 2.02. The van der Waals surface area contributed by atoms with Crippen LogP contribution < -0.4 is 0 Å². The van der Waals surface area contributed by atoms with Crippen molar-refractivity contribution < 1.29 is 14.6 Å². The number of para-hydroxylation sites is 1. The molecule has 20 heavy (non-hydrogen) atoms. The highest BCUT2D eigenvalue weighted by molar-refractivity contribution is 5.86. The van der Waals surface area contributed by atoms with Crippen molar-refractivity contribution in [1.29, 1.82) is 0 Å². The van der Waals surface area contributed by atoms with Crippen molar-refractivity contribution in [3.63, 3.8) is 0 Å². The lowest BCUT2D eigenvalue weighted by Gasteiger charge is -2.04. The summed E-state index contributed by atoms with van der Waals surface area (Å²) >= 11 is 0. The number of phenols is 2. The predicted octanol–water partition coefficient (Wildman–Crippen LogP) is 4.40. The molecule has 0 aliphatic heterocycles. The van der Waals surface area contributed by atoms with Crippen LogP contribution in [0.5, 0.6) is 11.5 Å². The van der Waals surface area contributed by atoms with E-state index < -0.39 is 0 Å². The predicted molar refractivity (Wildman–Crippen MR) is 79.5 cm³/mol. The maximum Gasteiger partial charge on any atom is 0.134 e. The number of rotatable bonds is 2. The number of benzene rings is 2. The zero-order valence-electron chi connectivity index (χ0n) is 11.0. The van der Waals surface area contributed by atoms with Gasteiger partial charge in [0.25, 0.3) is 0 Å². The number of fused-ring (bicyclic) bond motifs is 1. The fourth-order valence-electron chi connectivity index (χ4n) is 2.22. The molecule has 0 saturated heterocycles. The monoisotopic (exact) mass is 266 g/mol. The van der Waals surface area contributed by atoms with E-state index in [-0.39, 0.29) is 11.5 Å². The van der Waals surface area contributed by atoms with Crippen LogP contribution >= 0.6 is 0 Å². The van der Waals surface area contributed by atoms with Gasteiger partial charge in [-0.1, -0.05) is 18.2 Å². The Morgan fingerprint density at radius 2 is 1.85 bits per heavy atom. The lowest BCUT2D eigenvalue weighted by Crippen LogP contribution is -1.81. The lowest BCUT2D eigenvalue weighted by molar-refractivity contribution is 0.449. The molecule has 0 amide bonds. The van der Waals surface area contributed by atoms with Gasteiger partial charge in [-0.05, 0) is 42.8 Å². The summed E-state index contributed by atoms with van der Waals surface area (Å²) in [6, 6.07) is 14.3. The lowest BCUT2D eigenvalue weighted by atomic mass is 10.1. The number of aromatic hydroxyl groups is 2. The van der Waals surface area contributed by atoms with Crippen molar-refractivity contribution in [2.24, 2.45) is 0 Å². The van der Waals surface area contributed by atoms with Crippen LogP contribution in [0.15, 0.2) is 52.9 Å². The molecule has 3 heteroatoms. The first kappa shape index (κ1) is 12.4. The molecule has 0 unspecified atom stereocenters. The van der Waals surface area contributed by atoms with Crippen molar-refractivity contribution >= 4 is 22.6 Å². The Morgan fingerprint density at radius 1 is 1.05 bits per heavy atom. The van der Waals surface area contributed by atoms with Crippen molar-refractivity contribution in [3.05, 3.63) is 59.9 Å². The maximum atomic E-state index is 9.85. The van der Waals surface area contributed by atoms with Gasteiger partial charge in [0.1, 0.15) is 22.8 Å². The summed E-state index contributed by atoms with van der Waals surface area (Å²) < 4.78 is 5.72. The summed E-state index contributed by atoms with van der Waals surface area (Å²) in [6.45, 7) is 1.89. The van der Waals surface area contributed by atoms with E-state index in [0.29, 0.717) is 5.56 Å².